The van der Waals surface area contributed by atoms with Crippen molar-refractivity contribution < 1.29 is 14.3 Å². The molecular formula is C18H16Cl2O3. The summed E-state index contributed by atoms with van der Waals surface area (Å²) in [6.07, 6.45) is 0.893. The number of benzene rings is 2. The first-order valence-corrected chi connectivity index (χ1v) is 8.25. The van der Waals surface area contributed by atoms with Gasteiger partial charge in [0.15, 0.2) is 6.10 Å². The Morgan fingerprint density at radius 1 is 1.17 bits per heavy atom. The maximum atomic E-state index is 11.9. The second-order valence-corrected chi connectivity index (χ2v) is 6.16. The lowest BCUT2D eigenvalue weighted by atomic mass is 9.98. The Balaban J connectivity index is 1.88. The Labute approximate surface area is 145 Å². The van der Waals surface area contributed by atoms with E-state index in [1.54, 1.807) is 13.0 Å². The molecule has 0 saturated carbocycles. The van der Waals surface area contributed by atoms with Crippen LogP contribution in [0.3, 0.4) is 0 Å². The fourth-order valence-corrected chi connectivity index (χ4v) is 2.92. The van der Waals surface area contributed by atoms with Crippen molar-refractivity contribution in [2.75, 3.05) is 6.61 Å². The molecule has 5 heteroatoms. The summed E-state index contributed by atoms with van der Waals surface area (Å²) in [5.41, 5.74) is 3.00. The molecule has 120 valence electrons. The zero-order valence-electron chi connectivity index (χ0n) is 12.6. The third kappa shape index (κ3) is 3.46. The fraction of sp³-hybridized carbons (Fsp3) is 0.278. The first-order chi connectivity index (χ1) is 11.1. The third-order valence-electron chi connectivity index (χ3n) is 3.81. The van der Waals surface area contributed by atoms with Gasteiger partial charge in [-0.1, -0.05) is 41.4 Å². The van der Waals surface area contributed by atoms with Gasteiger partial charge in [-0.05, 0) is 54.7 Å². The van der Waals surface area contributed by atoms with E-state index in [0.717, 1.165) is 28.9 Å². The molecule has 0 saturated heterocycles. The van der Waals surface area contributed by atoms with E-state index >= 15 is 0 Å². The molecule has 0 N–H and O–H groups in total. The van der Waals surface area contributed by atoms with E-state index in [1.165, 1.54) is 0 Å². The van der Waals surface area contributed by atoms with Crippen LogP contribution in [0.2, 0.25) is 10.0 Å². The number of hydrogen-bond acceptors (Lipinski definition) is 3. The SMILES string of the molecule is CCOC(=O)[C@@H]1CCc2ccc(-c3ccc(Cl)c(Cl)c3)cc2O1. The van der Waals surface area contributed by atoms with E-state index in [-0.39, 0.29) is 5.97 Å². The highest BCUT2D eigenvalue weighted by molar-refractivity contribution is 6.42. The van der Waals surface area contributed by atoms with Crippen LogP contribution in [0.5, 0.6) is 5.75 Å². The molecule has 1 aliphatic heterocycles. The summed E-state index contributed by atoms with van der Waals surface area (Å²) in [5.74, 6) is 0.413. The standard InChI is InChI=1S/C18H16Cl2O3/c1-2-22-18(21)16-8-6-11-3-4-13(10-17(11)23-16)12-5-7-14(19)15(20)9-12/h3-5,7,9-10,16H,2,6,8H2,1H3/t16-/m0/s1. The van der Waals surface area contributed by atoms with Crippen LogP contribution in [0, 0.1) is 0 Å². The Hall–Kier alpha value is -1.71. The highest BCUT2D eigenvalue weighted by atomic mass is 35.5. The smallest absolute Gasteiger partial charge is 0.347 e. The lowest BCUT2D eigenvalue weighted by molar-refractivity contribution is -0.152. The number of carbonyl (C=O) groups excluding carboxylic acids is 1. The number of rotatable bonds is 3. The zero-order chi connectivity index (χ0) is 16.4. The van der Waals surface area contributed by atoms with Crippen molar-refractivity contribution in [3.05, 3.63) is 52.0 Å². The van der Waals surface area contributed by atoms with Gasteiger partial charge in [0.1, 0.15) is 5.75 Å². The fourth-order valence-electron chi connectivity index (χ4n) is 2.63. The summed E-state index contributed by atoms with van der Waals surface area (Å²) in [4.78, 5) is 11.9. The van der Waals surface area contributed by atoms with Gasteiger partial charge in [-0.3, -0.25) is 0 Å². The maximum Gasteiger partial charge on any atom is 0.347 e. The lowest BCUT2D eigenvalue weighted by Gasteiger charge is -2.25. The third-order valence-corrected chi connectivity index (χ3v) is 4.55. The van der Waals surface area contributed by atoms with Crippen molar-refractivity contribution >= 4 is 29.2 Å². The number of fused-ring (bicyclic) bond motifs is 1. The largest absolute Gasteiger partial charge is 0.478 e. The van der Waals surface area contributed by atoms with E-state index in [0.29, 0.717) is 23.1 Å². The van der Waals surface area contributed by atoms with E-state index in [4.69, 9.17) is 32.7 Å². The van der Waals surface area contributed by atoms with Crippen molar-refractivity contribution in [2.45, 2.75) is 25.9 Å². The van der Waals surface area contributed by atoms with Gasteiger partial charge in [-0.2, -0.15) is 0 Å². The summed E-state index contributed by atoms with van der Waals surface area (Å²) in [7, 11) is 0. The van der Waals surface area contributed by atoms with Gasteiger partial charge in [0.2, 0.25) is 0 Å². The monoisotopic (exact) mass is 350 g/mol. The second-order valence-electron chi connectivity index (χ2n) is 5.35. The predicted octanol–water partition coefficient (Wildman–Crippen LogP) is 4.92. The van der Waals surface area contributed by atoms with Crippen molar-refractivity contribution in [3.63, 3.8) is 0 Å². The summed E-state index contributed by atoms with van der Waals surface area (Å²) in [6.45, 7) is 2.14. The first kappa shape index (κ1) is 16.2. The Kier molecular flexibility index (Phi) is 4.79. The molecule has 0 unspecified atom stereocenters. The van der Waals surface area contributed by atoms with Gasteiger partial charge >= 0.3 is 5.97 Å². The lowest BCUT2D eigenvalue weighted by Crippen LogP contribution is -2.32. The predicted molar refractivity (Wildman–Crippen MR) is 91.3 cm³/mol. The minimum atomic E-state index is -0.536. The van der Waals surface area contributed by atoms with E-state index < -0.39 is 6.10 Å². The normalized spacial score (nSPS) is 16.4. The van der Waals surface area contributed by atoms with Crippen LogP contribution in [-0.4, -0.2) is 18.7 Å². The van der Waals surface area contributed by atoms with Crippen LogP contribution in [0.4, 0.5) is 0 Å². The van der Waals surface area contributed by atoms with Crippen LogP contribution < -0.4 is 4.74 Å². The number of esters is 1. The quantitative estimate of drug-likeness (QED) is 0.737. The maximum absolute atomic E-state index is 11.9. The van der Waals surface area contributed by atoms with Gasteiger partial charge in [-0.25, -0.2) is 4.79 Å². The van der Waals surface area contributed by atoms with Crippen LogP contribution in [-0.2, 0) is 16.0 Å². The summed E-state index contributed by atoms with van der Waals surface area (Å²) in [6, 6.07) is 11.5. The minimum absolute atomic E-state index is 0.307. The molecule has 0 amide bonds. The molecule has 3 nitrogen and oxygen atoms in total. The van der Waals surface area contributed by atoms with Crippen LogP contribution >= 0.6 is 23.2 Å². The van der Waals surface area contributed by atoms with E-state index in [9.17, 15) is 4.79 Å². The molecule has 2 aromatic rings. The number of hydrogen-bond donors (Lipinski definition) is 0. The van der Waals surface area contributed by atoms with Gasteiger partial charge in [0.05, 0.1) is 16.7 Å². The molecule has 0 aliphatic carbocycles. The van der Waals surface area contributed by atoms with Crippen molar-refractivity contribution in [2.24, 2.45) is 0 Å². The average molecular weight is 351 g/mol. The van der Waals surface area contributed by atoms with Crippen LogP contribution in [0.25, 0.3) is 11.1 Å². The molecule has 3 rings (SSSR count). The van der Waals surface area contributed by atoms with Crippen LogP contribution in [0.1, 0.15) is 18.9 Å². The molecule has 1 aliphatic rings. The topological polar surface area (TPSA) is 35.5 Å². The zero-order valence-corrected chi connectivity index (χ0v) is 14.2. The Morgan fingerprint density at radius 3 is 2.65 bits per heavy atom. The van der Waals surface area contributed by atoms with Gasteiger partial charge < -0.3 is 9.47 Å². The van der Waals surface area contributed by atoms with Crippen molar-refractivity contribution in [1.82, 2.24) is 0 Å². The molecule has 2 aromatic carbocycles. The van der Waals surface area contributed by atoms with E-state index in [1.807, 2.05) is 30.3 Å². The Morgan fingerprint density at radius 2 is 1.91 bits per heavy atom. The molecule has 0 aromatic heterocycles. The molecule has 0 radical (unpaired) electrons. The van der Waals surface area contributed by atoms with Crippen molar-refractivity contribution in [1.29, 1.82) is 0 Å². The average Bonchev–Trinajstić information content (AvgIpc) is 2.56. The van der Waals surface area contributed by atoms with Crippen molar-refractivity contribution in [3.8, 4) is 16.9 Å². The molecule has 0 fully saturated rings. The number of carbonyl (C=O) groups is 1. The minimum Gasteiger partial charge on any atom is -0.478 e. The molecular weight excluding hydrogens is 335 g/mol. The van der Waals surface area contributed by atoms with E-state index in [2.05, 4.69) is 0 Å². The number of aryl methyl sites for hydroxylation is 1. The number of ether oxygens (including phenoxy) is 2. The van der Waals surface area contributed by atoms with Gasteiger partial charge in [0.25, 0.3) is 0 Å². The highest BCUT2D eigenvalue weighted by Crippen LogP contribution is 2.34. The molecule has 1 atom stereocenters. The molecule has 23 heavy (non-hydrogen) atoms. The summed E-state index contributed by atoms with van der Waals surface area (Å²) in [5, 5.41) is 1.03. The highest BCUT2D eigenvalue weighted by Gasteiger charge is 2.27. The first-order valence-electron chi connectivity index (χ1n) is 7.50. The summed E-state index contributed by atoms with van der Waals surface area (Å²) < 4.78 is 10.9. The van der Waals surface area contributed by atoms with Gasteiger partial charge in [0, 0.05) is 0 Å². The Bertz CT molecular complexity index is 743. The van der Waals surface area contributed by atoms with Gasteiger partial charge in [-0.15, -0.1) is 0 Å². The molecule has 0 spiro atoms. The molecule has 0 bridgehead atoms. The second kappa shape index (κ2) is 6.81. The summed E-state index contributed by atoms with van der Waals surface area (Å²) >= 11 is 12.0. The number of halogens is 2. The molecule has 1 heterocycles. The van der Waals surface area contributed by atoms with Crippen LogP contribution in [0.15, 0.2) is 36.4 Å².